The number of thiazole rings is 1. The van der Waals surface area contributed by atoms with Crippen LogP contribution < -0.4 is 19.0 Å². The van der Waals surface area contributed by atoms with Crippen molar-refractivity contribution in [2.24, 2.45) is 10.1 Å². The van der Waals surface area contributed by atoms with Crippen LogP contribution in [-0.4, -0.2) is 31.7 Å². The van der Waals surface area contributed by atoms with Gasteiger partial charge in [-0.05, 0) is 36.1 Å². The summed E-state index contributed by atoms with van der Waals surface area (Å²) in [5, 5.41) is 9.05. The van der Waals surface area contributed by atoms with Gasteiger partial charge in [-0.2, -0.15) is 5.10 Å². The van der Waals surface area contributed by atoms with Crippen molar-refractivity contribution in [3.05, 3.63) is 80.6 Å². The summed E-state index contributed by atoms with van der Waals surface area (Å²) in [5.74, 6) is 1.73. The van der Waals surface area contributed by atoms with Gasteiger partial charge in [0.05, 0.1) is 44.2 Å². The van der Waals surface area contributed by atoms with Gasteiger partial charge in [0.1, 0.15) is 0 Å². The molecule has 33 heavy (non-hydrogen) atoms. The molecule has 0 aliphatic rings. The van der Waals surface area contributed by atoms with Gasteiger partial charge in [0.15, 0.2) is 11.5 Å². The lowest BCUT2D eigenvalue weighted by Gasteiger charge is -2.14. The molecule has 0 unspecified atom stereocenters. The lowest BCUT2D eigenvalue weighted by atomic mass is 10.1. The summed E-state index contributed by atoms with van der Waals surface area (Å²) in [6.45, 7) is 2.58. The zero-order valence-corrected chi connectivity index (χ0v) is 20.6. The quantitative estimate of drug-likeness (QED) is 0.306. The molecule has 0 aliphatic carbocycles. The fourth-order valence-corrected chi connectivity index (χ4v) is 4.86. The standard InChI is InChI=1S/C25H25N3O3S2/c1-17(23-11-8-12-32-23)27-28-20(16-33-25(28)26-15-18-9-6-5-7-10-18)19-13-21(29-2)24(31-4)22(14-19)30-3/h5-14,16H,15H2,1-4H3. The highest BCUT2D eigenvalue weighted by atomic mass is 32.1. The lowest BCUT2D eigenvalue weighted by molar-refractivity contribution is 0.324. The normalized spacial score (nSPS) is 12.1. The molecule has 4 rings (SSSR count). The monoisotopic (exact) mass is 479 g/mol. The van der Waals surface area contributed by atoms with Gasteiger partial charge in [-0.1, -0.05) is 36.4 Å². The molecule has 0 saturated carbocycles. The van der Waals surface area contributed by atoms with Crippen LogP contribution >= 0.6 is 22.7 Å². The fraction of sp³-hybridized carbons (Fsp3) is 0.200. The predicted molar refractivity (Wildman–Crippen MR) is 135 cm³/mol. The summed E-state index contributed by atoms with van der Waals surface area (Å²) in [5.41, 5.74) is 3.84. The molecule has 170 valence electrons. The van der Waals surface area contributed by atoms with Crippen LogP contribution in [0, 0.1) is 0 Å². The summed E-state index contributed by atoms with van der Waals surface area (Å²) < 4.78 is 18.5. The number of thiophene rings is 1. The van der Waals surface area contributed by atoms with Crippen LogP contribution in [0.4, 0.5) is 0 Å². The SMILES string of the molecule is COc1cc(-c2csc(=NCc3ccccc3)n2N=C(C)c2cccs2)cc(OC)c1OC. The number of benzene rings is 2. The zero-order valence-electron chi connectivity index (χ0n) is 18.9. The molecule has 0 atom stereocenters. The predicted octanol–water partition coefficient (Wildman–Crippen LogP) is 5.68. The summed E-state index contributed by atoms with van der Waals surface area (Å²) in [6, 6.07) is 18.1. The Morgan fingerprint density at radius 1 is 0.909 bits per heavy atom. The second kappa shape index (κ2) is 10.5. The first-order chi connectivity index (χ1) is 16.1. The van der Waals surface area contributed by atoms with Gasteiger partial charge in [-0.15, -0.1) is 22.7 Å². The van der Waals surface area contributed by atoms with E-state index in [0.29, 0.717) is 23.8 Å². The van der Waals surface area contributed by atoms with E-state index in [9.17, 15) is 0 Å². The molecule has 0 spiro atoms. The lowest BCUT2D eigenvalue weighted by Crippen LogP contribution is -2.14. The van der Waals surface area contributed by atoms with Crippen molar-refractivity contribution in [1.82, 2.24) is 4.68 Å². The van der Waals surface area contributed by atoms with E-state index < -0.39 is 0 Å². The molecule has 2 aromatic carbocycles. The third kappa shape index (κ3) is 5.02. The Kier molecular flexibility index (Phi) is 7.26. The number of methoxy groups -OCH3 is 3. The molecule has 8 heteroatoms. The van der Waals surface area contributed by atoms with Crippen LogP contribution in [0.15, 0.2) is 75.5 Å². The third-order valence-electron chi connectivity index (χ3n) is 5.01. The Bertz CT molecular complexity index is 1280. The van der Waals surface area contributed by atoms with Crippen molar-refractivity contribution >= 4 is 28.4 Å². The van der Waals surface area contributed by atoms with Gasteiger partial charge >= 0.3 is 0 Å². The highest BCUT2D eigenvalue weighted by Gasteiger charge is 2.17. The van der Waals surface area contributed by atoms with Gasteiger partial charge < -0.3 is 14.2 Å². The largest absolute Gasteiger partial charge is 0.493 e. The molecule has 0 saturated heterocycles. The van der Waals surface area contributed by atoms with E-state index >= 15 is 0 Å². The van der Waals surface area contributed by atoms with E-state index in [2.05, 4.69) is 23.6 Å². The molecule has 0 radical (unpaired) electrons. The highest BCUT2D eigenvalue weighted by Crippen LogP contribution is 2.41. The maximum Gasteiger partial charge on any atom is 0.206 e. The minimum Gasteiger partial charge on any atom is -0.493 e. The van der Waals surface area contributed by atoms with Gasteiger partial charge in [0.2, 0.25) is 10.6 Å². The molecular formula is C25H25N3O3S2. The average Bonchev–Trinajstić information content (AvgIpc) is 3.53. The summed E-state index contributed by atoms with van der Waals surface area (Å²) in [6.07, 6.45) is 0. The minimum atomic E-state index is 0.554. The summed E-state index contributed by atoms with van der Waals surface area (Å²) in [7, 11) is 4.82. The van der Waals surface area contributed by atoms with Crippen molar-refractivity contribution < 1.29 is 14.2 Å². The highest BCUT2D eigenvalue weighted by molar-refractivity contribution is 7.12. The minimum absolute atomic E-state index is 0.554. The van der Waals surface area contributed by atoms with Crippen LogP contribution in [0.5, 0.6) is 17.2 Å². The third-order valence-corrected chi connectivity index (χ3v) is 6.85. The van der Waals surface area contributed by atoms with E-state index in [-0.39, 0.29) is 0 Å². The summed E-state index contributed by atoms with van der Waals surface area (Å²) in [4.78, 5) is 6.78. The zero-order chi connectivity index (χ0) is 23.2. The number of hydrogen-bond donors (Lipinski definition) is 0. The Morgan fingerprint density at radius 3 is 2.24 bits per heavy atom. The molecular weight excluding hydrogens is 454 g/mol. The number of nitrogens with zero attached hydrogens (tertiary/aromatic N) is 3. The molecule has 0 bridgehead atoms. The first-order valence-electron chi connectivity index (χ1n) is 10.3. The number of hydrogen-bond acceptors (Lipinski definition) is 7. The van der Waals surface area contributed by atoms with E-state index in [1.165, 1.54) is 0 Å². The van der Waals surface area contributed by atoms with E-state index in [1.54, 1.807) is 44.0 Å². The molecule has 0 aliphatic heterocycles. The Labute approximate surface area is 201 Å². The average molecular weight is 480 g/mol. The van der Waals surface area contributed by atoms with Gasteiger partial charge in [-0.25, -0.2) is 4.68 Å². The van der Waals surface area contributed by atoms with Crippen molar-refractivity contribution in [2.45, 2.75) is 13.5 Å². The van der Waals surface area contributed by atoms with Crippen molar-refractivity contribution in [2.75, 3.05) is 21.3 Å². The second-order valence-corrected chi connectivity index (χ2v) is 8.88. The number of aromatic nitrogens is 1. The Hall–Kier alpha value is -3.36. The van der Waals surface area contributed by atoms with Crippen molar-refractivity contribution in [3.63, 3.8) is 0 Å². The van der Waals surface area contributed by atoms with Gasteiger partial charge in [-0.3, -0.25) is 4.99 Å². The Balaban J connectivity index is 1.87. The van der Waals surface area contributed by atoms with Crippen molar-refractivity contribution in [1.29, 1.82) is 0 Å². The number of ether oxygens (including phenoxy) is 3. The molecule has 0 fully saturated rings. The molecule has 6 nitrogen and oxygen atoms in total. The first kappa shape index (κ1) is 22.8. The van der Waals surface area contributed by atoms with E-state index in [1.807, 2.05) is 53.4 Å². The van der Waals surface area contributed by atoms with E-state index in [0.717, 1.165) is 32.2 Å². The second-order valence-electron chi connectivity index (χ2n) is 7.09. The van der Waals surface area contributed by atoms with Crippen LogP contribution in [-0.2, 0) is 6.54 Å². The first-order valence-corrected chi connectivity index (χ1v) is 12.0. The Morgan fingerprint density at radius 2 is 1.64 bits per heavy atom. The molecule has 2 heterocycles. The van der Waals surface area contributed by atoms with Gasteiger partial charge in [0.25, 0.3) is 0 Å². The fourth-order valence-electron chi connectivity index (χ4n) is 3.36. The van der Waals surface area contributed by atoms with Gasteiger partial charge in [0, 0.05) is 10.9 Å². The smallest absolute Gasteiger partial charge is 0.206 e. The topological polar surface area (TPSA) is 57.3 Å². The van der Waals surface area contributed by atoms with Crippen LogP contribution in [0.1, 0.15) is 17.4 Å². The molecule has 4 aromatic rings. The molecule has 0 N–H and O–H groups in total. The van der Waals surface area contributed by atoms with Crippen LogP contribution in [0.3, 0.4) is 0 Å². The van der Waals surface area contributed by atoms with E-state index in [4.69, 9.17) is 24.3 Å². The maximum atomic E-state index is 5.56. The molecule has 2 aromatic heterocycles. The maximum absolute atomic E-state index is 5.56. The van der Waals surface area contributed by atoms with Crippen LogP contribution in [0.2, 0.25) is 0 Å². The summed E-state index contributed by atoms with van der Waals surface area (Å²) >= 11 is 3.21. The molecule has 0 amide bonds. The van der Waals surface area contributed by atoms with Crippen molar-refractivity contribution in [3.8, 4) is 28.5 Å². The van der Waals surface area contributed by atoms with Crippen LogP contribution in [0.25, 0.3) is 11.3 Å². The number of rotatable bonds is 8.